The Hall–Kier alpha value is -1.98. The van der Waals surface area contributed by atoms with E-state index < -0.39 is 5.56 Å². The molecule has 0 aliphatic rings. The first-order valence-corrected chi connectivity index (χ1v) is 9.66. The number of aromatic amines is 1. The molecule has 0 aliphatic heterocycles. The highest BCUT2D eigenvalue weighted by Crippen LogP contribution is 2.40. The molecular formula is C17H18BrN3O3S. The molecule has 0 unspecified atom stereocenters. The summed E-state index contributed by atoms with van der Waals surface area (Å²) in [6.45, 7) is 2.66. The normalized spacial score (nSPS) is 10.4. The number of ether oxygens (including phenoxy) is 2. The van der Waals surface area contributed by atoms with Gasteiger partial charge in [0.05, 0.1) is 23.9 Å². The number of methoxy groups -OCH3 is 1. The van der Waals surface area contributed by atoms with E-state index in [1.807, 2.05) is 6.07 Å². The van der Waals surface area contributed by atoms with Crippen LogP contribution >= 0.6 is 27.7 Å². The van der Waals surface area contributed by atoms with E-state index in [-0.39, 0.29) is 5.56 Å². The Kier molecular flexibility index (Phi) is 6.91. The van der Waals surface area contributed by atoms with Gasteiger partial charge in [-0.2, -0.15) is 5.26 Å². The van der Waals surface area contributed by atoms with Crippen LogP contribution in [0, 0.1) is 11.3 Å². The second-order valence-electron chi connectivity index (χ2n) is 5.10. The number of rotatable bonds is 7. The second-order valence-corrected chi connectivity index (χ2v) is 6.75. The van der Waals surface area contributed by atoms with Crippen LogP contribution in [0.2, 0.25) is 0 Å². The number of aromatic nitrogens is 2. The summed E-state index contributed by atoms with van der Waals surface area (Å²) in [6, 6.07) is 5.42. The average Bonchev–Trinajstić information content (AvgIpc) is 2.61. The molecule has 0 spiro atoms. The first-order valence-electron chi connectivity index (χ1n) is 7.64. The minimum Gasteiger partial charge on any atom is -0.493 e. The molecule has 2 aromatic rings. The third-order valence-electron chi connectivity index (χ3n) is 3.45. The Labute approximate surface area is 158 Å². The van der Waals surface area contributed by atoms with Gasteiger partial charge in [-0.05, 0) is 40.7 Å². The van der Waals surface area contributed by atoms with Crippen LogP contribution in [0.4, 0.5) is 0 Å². The molecule has 0 fully saturated rings. The van der Waals surface area contributed by atoms with E-state index in [2.05, 4.69) is 32.8 Å². The topological polar surface area (TPSA) is 88.0 Å². The molecule has 0 saturated heterocycles. The highest BCUT2D eigenvalue weighted by atomic mass is 79.9. The van der Waals surface area contributed by atoms with Crippen molar-refractivity contribution in [1.82, 2.24) is 9.97 Å². The maximum atomic E-state index is 12.1. The molecular weight excluding hydrogens is 406 g/mol. The summed E-state index contributed by atoms with van der Waals surface area (Å²) in [5.74, 6) is 1.10. The first-order chi connectivity index (χ1) is 12.0. The first kappa shape index (κ1) is 19.3. The highest BCUT2D eigenvalue weighted by molar-refractivity contribution is 9.10. The predicted molar refractivity (Wildman–Crippen MR) is 101 cm³/mol. The van der Waals surface area contributed by atoms with Gasteiger partial charge in [0.25, 0.3) is 5.56 Å². The van der Waals surface area contributed by atoms with Crippen molar-refractivity contribution in [3.8, 4) is 28.8 Å². The van der Waals surface area contributed by atoms with Gasteiger partial charge in [0.2, 0.25) is 0 Å². The molecule has 0 bridgehead atoms. The molecule has 0 saturated carbocycles. The lowest BCUT2D eigenvalue weighted by atomic mass is 10.1. The summed E-state index contributed by atoms with van der Waals surface area (Å²) in [5, 5.41) is 9.78. The standard InChI is InChI=1S/C17H18BrN3O3S/c1-4-5-6-24-15-12(18)7-10(8-13(15)23-2)14-11(9-19)16(22)21-17(20-14)25-3/h7-8H,4-6H2,1-3H3,(H,20,21,22). The van der Waals surface area contributed by atoms with Gasteiger partial charge in [-0.25, -0.2) is 4.98 Å². The van der Waals surface area contributed by atoms with Crippen LogP contribution in [0.3, 0.4) is 0 Å². The molecule has 8 heteroatoms. The molecule has 1 aromatic carbocycles. The molecule has 1 N–H and O–H groups in total. The van der Waals surface area contributed by atoms with Gasteiger partial charge in [-0.15, -0.1) is 0 Å². The van der Waals surface area contributed by atoms with Crippen LogP contribution in [-0.2, 0) is 0 Å². The van der Waals surface area contributed by atoms with Crippen LogP contribution < -0.4 is 15.0 Å². The number of hydrogen-bond acceptors (Lipinski definition) is 6. The van der Waals surface area contributed by atoms with Crippen molar-refractivity contribution in [2.45, 2.75) is 24.9 Å². The Bertz CT molecular complexity index is 861. The monoisotopic (exact) mass is 423 g/mol. The smallest absolute Gasteiger partial charge is 0.270 e. The van der Waals surface area contributed by atoms with Gasteiger partial charge in [0.1, 0.15) is 11.6 Å². The number of unbranched alkanes of at least 4 members (excludes halogenated alkanes) is 1. The zero-order chi connectivity index (χ0) is 18.4. The summed E-state index contributed by atoms with van der Waals surface area (Å²) >= 11 is 4.78. The number of nitrogens with zero attached hydrogens (tertiary/aromatic N) is 2. The van der Waals surface area contributed by atoms with Gasteiger partial charge in [-0.1, -0.05) is 25.1 Å². The van der Waals surface area contributed by atoms with Gasteiger partial charge in [0, 0.05) is 5.56 Å². The molecule has 1 aromatic heterocycles. The molecule has 0 amide bonds. The molecule has 2 rings (SSSR count). The van der Waals surface area contributed by atoms with Crippen molar-refractivity contribution >= 4 is 27.7 Å². The van der Waals surface area contributed by atoms with Crippen molar-refractivity contribution in [2.24, 2.45) is 0 Å². The minimum atomic E-state index is -0.463. The number of halogens is 1. The number of thioether (sulfide) groups is 1. The van der Waals surface area contributed by atoms with Crippen molar-refractivity contribution < 1.29 is 9.47 Å². The molecule has 0 atom stereocenters. The quantitative estimate of drug-likeness (QED) is 0.411. The van der Waals surface area contributed by atoms with Crippen LogP contribution in [0.15, 0.2) is 26.6 Å². The summed E-state index contributed by atoms with van der Waals surface area (Å²) < 4.78 is 11.9. The lowest BCUT2D eigenvalue weighted by molar-refractivity contribution is 0.286. The fraction of sp³-hybridized carbons (Fsp3) is 0.353. The Morgan fingerprint density at radius 1 is 1.44 bits per heavy atom. The van der Waals surface area contributed by atoms with Gasteiger partial charge in [0.15, 0.2) is 16.7 Å². The van der Waals surface area contributed by atoms with Crippen molar-refractivity contribution in [3.63, 3.8) is 0 Å². The summed E-state index contributed by atoms with van der Waals surface area (Å²) in [7, 11) is 1.54. The van der Waals surface area contributed by atoms with Gasteiger partial charge < -0.3 is 14.5 Å². The van der Waals surface area contributed by atoms with Crippen molar-refractivity contribution in [3.05, 3.63) is 32.5 Å². The number of nitrogens with one attached hydrogen (secondary N) is 1. The van der Waals surface area contributed by atoms with E-state index in [4.69, 9.17) is 9.47 Å². The average molecular weight is 424 g/mol. The second kappa shape index (κ2) is 8.92. The molecule has 25 heavy (non-hydrogen) atoms. The summed E-state index contributed by atoms with van der Waals surface area (Å²) in [6.07, 6.45) is 3.76. The van der Waals surface area contributed by atoms with E-state index in [0.29, 0.717) is 39.0 Å². The number of nitriles is 1. The Morgan fingerprint density at radius 3 is 2.80 bits per heavy atom. The maximum Gasteiger partial charge on any atom is 0.270 e. The largest absolute Gasteiger partial charge is 0.493 e. The van der Waals surface area contributed by atoms with Crippen molar-refractivity contribution in [1.29, 1.82) is 5.26 Å². The Balaban J connectivity index is 2.58. The minimum absolute atomic E-state index is 0.0357. The number of hydrogen-bond donors (Lipinski definition) is 1. The lowest BCUT2D eigenvalue weighted by Crippen LogP contribution is -2.14. The molecule has 6 nitrogen and oxygen atoms in total. The van der Waals surface area contributed by atoms with E-state index >= 15 is 0 Å². The molecule has 132 valence electrons. The third kappa shape index (κ3) is 4.35. The van der Waals surface area contributed by atoms with Gasteiger partial charge in [-0.3, -0.25) is 4.79 Å². The van der Waals surface area contributed by atoms with Crippen molar-refractivity contribution in [2.75, 3.05) is 20.0 Å². The molecule has 1 heterocycles. The van der Waals surface area contributed by atoms with Crippen LogP contribution in [0.5, 0.6) is 11.5 Å². The van der Waals surface area contributed by atoms with Crippen LogP contribution in [0.1, 0.15) is 25.3 Å². The highest BCUT2D eigenvalue weighted by Gasteiger charge is 2.18. The summed E-state index contributed by atoms with van der Waals surface area (Å²) in [4.78, 5) is 19.1. The fourth-order valence-electron chi connectivity index (χ4n) is 2.18. The van der Waals surface area contributed by atoms with Crippen LogP contribution in [0.25, 0.3) is 11.3 Å². The lowest BCUT2D eigenvalue weighted by Gasteiger charge is -2.14. The SMILES string of the molecule is CCCCOc1c(Br)cc(-c2nc(SC)[nH]c(=O)c2C#N)cc1OC. The Morgan fingerprint density at radius 2 is 2.20 bits per heavy atom. The zero-order valence-corrected chi connectivity index (χ0v) is 16.6. The van der Waals surface area contributed by atoms with Crippen LogP contribution in [-0.4, -0.2) is 29.9 Å². The number of H-pyrrole nitrogens is 1. The third-order valence-corrected chi connectivity index (χ3v) is 4.62. The molecule has 0 radical (unpaired) electrons. The zero-order valence-electron chi connectivity index (χ0n) is 14.2. The summed E-state index contributed by atoms with van der Waals surface area (Å²) in [5.41, 5.74) is 0.417. The molecule has 0 aliphatic carbocycles. The fourth-order valence-corrected chi connectivity index (χ4v) is 3.11. The maximum absolute atomic E-state index is 12.1. The van der Waals surface area contributed by atoms with E-state index in [0.717, 1.165) is 12.8 Å². The predicted octanol–water partition coefficient (Wildman–Crippen LogP) is 3.98. The van der Waals surface area contributed by atoms with E-state index in [1.54, 1.807) is 25.5 Å². The van der Waals surface area contributed by atoms with Gasteiger partial charge >= 0.3 is 0 Å². The number of benzene rings is 1. The van der Waals surface area contributed by atoms with E-state index in [9.17, 15) is 10.1 Å². The van der Waals surface area contributed by atoms with E-state index in [1.165, 1.54) is 11.8 Å².